The molecule has 0 saturated carbocycles. The second kappa shape index (κ2) is 3.22. The molecule has 0 atom stereocenters. The number of hydrogen-bond acceptors (Lipinski definition) is 4. The van der Waals surface area contributed by atoms with E-state index in [-0.39, 0.29) is 0 Å². The highest BCUT2D eigenvalue weighted by Gasteiger charge is 2.04. The molecule has 0 saturated heterocycles. The van der Waals surface area contributed by atoms with Crippen LogP contribution in [0.5, 0.6) is 0 Å². The second-order valence-electron chi connectivity index (χ2n) is 2.67. The van der Waals surface area contributed by atoms with Crippen LogP contribution in [0.4, 0.5) is 0 Å². The van der Waals surface area contributed by atoms with Crippen LogP contribution < -0.4 is 0 Å². The van der Waals surface area contributed by atoms with Gasteiger partial charge in [0.1, 0.15) is 0 Å². The van der Waals surface area contributed by atoms with E-state index in [0.29, 0.717) is 11.8 Å². The molecule has 0 unspecified atom stereocenters. The van der Waals surface area contributed by atoms with Crippen LogP contribution in [0, 0.1) is 6.92 Å². The summed E-state index contributed by atoms with van der Waals surface area (Å²) < 4.78 is 5.26. The topological polar surface area (TPSA) is 38.9 Å². The number of aryl methyl sites for hydroxylation is 1. The third-order valence-electron chi connectivity index (χ3n) is 1.64. The third kappa shape index (κ3) is 1.72. The highest BCUT2D eigenvalue weighted by Crippen LogP contribution is 2.18. The van der Waals surface area contributed by atoms with E-state index in [0.717, 1.165) is 10.5 Å². The molecule has 0 aliphatic heterocycles. The summed E-state index contributed by atoms with van der Waals surface area (Å²) in [5, 5.41) is 7.65. The summed E-state index contributed by atoms with van der Waals surface area (Å²) in [7, 11) is 0. The van der Waals surface area contributed by atoms with Gasteiger partial charge in [-0.3, -0.25) is 0 Å². The predicted octanol–water partition coefficient (Wildman–Crippen LogP) is 2.33. The van der Waals surface area contributed by atoms with Crippen LogP contribution >= 0.6 is 12.6 Å². The monoisotopic (exact) mass is 192 g/mol. The Labute approximate surface area is 81.2 Å². The molecule has 2 aromatic rings. The molecule has 0 N–H and O–H groups in total. The number of benzene rings is 1. The summed E-state index contributed by atoms with van der Waals surface area (Å²) in [4.78, 5) is 0.917. The Kier molecular flexibility index (Phi) is 2.06. The molecule has 1 aromatic heterocycles. The van der Waals surface area contributed by atoms with Gasteiger partial charge in [0.05, 0.1) is 0 Å². The van der Waals surface area contributed by atoms with Crippen molar-refractivity contribution in [2.45, 2.75) is 11.8 Å². The maximum atomic E-state index is 5.26. The number of hydrogen-bond donors (Lipinski definition) is 1. The minimum absolute atomic E-state index is 0.547. The standard InChI is InChI=1S/C9H8N2OS/c1-6-10-11-9(12-6)7-2-4-8(13)5-3-7/h2-5,13H,1H3. The van der Waals surface area contributed by atoms with E-state index in [2.05, 4.69) is 22.8 Å². The molecule has 0 radical (unpaired) electrons. The predicted molar refractivity (Wildman–Crippen MR) is 51.7 cm³/mol. The molecule has 66 valence electrons. The highest BCUT2D eigenvalue weighted by molar-refractivity contribution is 7.80. The van der Waals surface area contributed by atoms with Gasteiger partial charge in [0.2, 0.25) is 11.8 Å². The Balaban J connectivity index is 2.41. The first-order valence-corrected chi connectivity index (χ1v) is 4.30. The maximum absolute atomic E-state index is 5.26. The quantitative estimate of drug-likeness (QED) is 0.705. The van der Waals surface area contributed by atoms with Crippen molar-refractivity contribution in [1.82, 2.24) is 10.2 Å². The van der Waals surface area contributed by atoms with Crippen LogP contribution in [-0.4, -0.2) is 10.2 Å². The van der Waals surface area contributed by atoms with Gasteiger partial charge in [-0.05, 0) is 24.3 Å². The number of rotatable bonds is 1. The average Bonchev–Trinajstić information content (AvgIpc) is 2.53. The number of aromatic nitrogens is 2. The zero-order chi connectivity index (χ0) is 9.26. The zero-order valence-corrected chi connectivity index (χ0v) is 7.95. The van der Waals surface area contributed by atoms with Crippen molar-refractivity contribution in [2.75, 3.05) is 0 Å². The molecule has 0 aliphatic carbocycles. The fourth-order valence-corrected chi connectivity index (χ4v) is 1.17. The van der Waals surface area contributed by atoms with Gasteiger partial charge in [0.25, 0.3) is 0 Å². The first-order valence-electron chi connectivity index (χ1n) is 3.85. The summed E-state index contributed by atoms with van der Waals surface area (Å²) in [5.74, 6) is 1.12. The van der Waals surface area contributed by atoms with Crippen LogP contribution in [0.2, 0.25) is 0 Å². The molecule has 1 heterocycles. The van der Waals surface area contributed by atoms with Crippen LogP contribution in [0.3, 0.4) is 0 Å². The van der Waals surface area contributed by atoms with Gasteiger partial charge in [0.15, 0.2) is 0 Å². The van der Waals surface area contributed by atoms with Gasteiger partial charge >= 0.3 is 0 Å². The molecule has 1 aromatic carbocycles. The van der Waals surface area contributed by atoms with Gasteiger partial charge in [-0.15, -0.1) is 22.8 Å². The first-order chi connectivity index (χ1) is 6.25. The maximum Gasteiger partial charge on any atom is 0.247 e. The fraction of sp³-hybridized carbons (Fsp3) is 0.111. The Morgan fingerprint density at radius 2 is 1.85 bits per heavy atom. The van der Waals surface area contributed by atoms with Crippen molar-refractivity contribution in [1.29, 1.82) is 0 Å². The van der Waals surface area contributed by atoms with Gasteiger partial charge in [-0.1, -0.05) is 0 Å². The minimum Gasteiger partial charge on any atom is -0.421 e. The Bertz CT molecular complexity index is 408. The summed E-state index contributed by atoms with van der Waals surface area (Å²) in [5.41, 5.74) is 0.915. The largest absolute Gasteiger partial charge is 0.421 e. The molecular weight excluding hydrogens is 184 g/mol. The SMILES string of the molecule is Cc1nnc(-c2ccc(S)cc2)o1. The average molecular weight is 192 g/mol. The van der Waals surface area contributed by atoms with E-state index in [4.69, 9.17) is 4.42 Å². The van der Waals surface area contributed by atoms with Crippen LogP contribution in [0.25, 0.3) is 11.5 Å². The number of thiol groups is 1. The van der Waals surface area contributed by atoms with E-state index in [1.165, 1.54) is 0 Å². The molecule has 2 rings (SSSR count). The Morgan fingerprint density at radius 1 is 1.15 bits per heavy atom. The smallest absolute Gasteiger partial charge is 0.247 e. The van der Waals surface area contributed by atoms with E-state index in [1.807, 2.05) is 24.3 Å². The van der Waals surface area contributed by atoms with Crippen LogP contribution in [0.1, 0.15) is 5.89 Å². The van der Waals surface area contributed by atoms with Gasteiger partial charge in [-0.2, -0.15) is 0 Å². The summed E-state index contributed by atoms with van der Waals surface area (Å²) in [6.45, 7) is 1.77. The molecule has 0 spiro atoms. The van der Waals surface area contributed by atoms with E-state index < -0.39 is 0 Å². The molecule has 4 heteroatoms. The van der Waals surface area contributed by atoms with E-state index in [9.17, 15) is 0 Å². The van der Waals surface area contributed by atoms with Crippen molar-refractivity contribution in [2.24, 2.45) is 0 Å². The minimum atomic E-state index is 0.547. The van der Waals surface area contributed by atoms with E-state index in [1.54, 1.807) is 6.92 Å². The van der Waals surface area contributed by atoms with Gasteiger partial charge in [0, 0.05) is 17.4 Å². The fourth-order valence-electron chi connectivity index (χ4n) is 1.02. The third-order valence-corrected chi connectivity index (χ3v) is 1.94. The lowest BCUT2D eigenvalue weighted by Gasteiger charge is -1.93. The van der Waals surface area contributed by atoms with Gasteiger partial charge < -0.3 is 4.42 Å². The lowest BCUT2D eigenvalue weighted by molar-refractivity contribution is 0.533. The lowest BCUT2D eigenvalue weighted by atomic mass is 10.2. The summed E-state index contributed by atoms with van der Waals surface area (Å²) in [6, 6.07) is 7.57. The molecule has 0 amide bonds. The van der Waals surface area contributed by atoms with Crippen molar-refractivity contribution in [3.05, 3.63) is 30.2 Å². The van der Waals surface area contributed by atoms with E-state index >= 15 is 0 Å². The molecular formula is C9H8N2OS. The molecule has 0 fully saturated rings. The summed E-state index contributed by atoms with van der Waals surface area (Å²) >= 11 is 4.18. The lowest BCUT2D eigenvalue weighted by Crippen LogP contribution is -1.76. The molecule has 13 heavy (non-hydrogen) atoms. The van der Waals surface area contributed by atoms with Crippen LogP contribution in [-0.2, 0) is 0 Å². The Hall–Kier alpha value is -1.29. The molecule has 3 nitrogen and oxygen atoms in total. The molecule has 0 bridgehead atoms. The van der Waals surface area contributed by atoms with Crippen molar-refractivity contribution in [3.8, 4) is 11.5 Å². The van der Waals surface area contributed by atoms with Crippen molar-refractivity contribution in [3.63, 3.8) is 0 Å². The second-order valence-corrected chi connectivity index (χ2v) is 3.19. The normalized spacial score (nSPS) is 10.3. The molecule has 0 aliphatic rings. The van der Waals surface area contributed by atoms with Gasteiger partial charge in [-0.25, -0.2) is 0 Å². The zero-order valence-electron chi connectivity index (χ0n) is 7.06. The van der Waals surface area contributed by atoms with Crippen LogP contribution in [0.15, 0.2) is 33.6 Å². The summed E-state index contributed by atoms with van der Waals surface area (Å²) in [6.07, 6.45) is 0. The Morgan fingerprint density at radius 3 is 2.38 bits per heavy atom. The first kappa shape index (κ1) is 8.31. The van der Waals surface area contributed by atoms with Crippen molar-refractivity contribution < 1.29 is 4.42 Å². The highest BCUT2D eigenvalue weighted by atomic mass is 32.1. The van der Waals surface area contributed by atoms with Crippen molar-refractivity contribution >= 4 is 12.6 Å². The number of nitrogens with zero attached hydrogens (tertiary/aromatic N) is 2.